The number of hydrogen-bond acceptors (Lipinski definition) is 6. The highest BCUT2D eigenvalue weighted by atomic mass is 127. The van der Waals surface area contributed by atoms with Gasteiger partial charge in [0.2, 0.25) is 6.10 Å². The monoisotopic (exact) mass is 508 g/mol. The molecule has 0 heterocycles. The normalized spacial score (nSPS) is 13.0. The van der Waals surface area contributed by atoms with Crippen LogP contribution in [0.2, 0.25) is 0 Å². The number of halogens is 4. The van der Waals surface area contributed by atoms with Gasteiger partial charge >= 0.3 is 18.1 Å². The molecule has 0 amide bonds. The lowest BCUT2D eigenvalue weighted by atomic mass is 10.2. The zero-order valence-corrected chi connectivity index (χ0v) is 16.0. The lowest BCUT2D eigenvalue weighted by molar-refractivity contribution is -0.197. The summed E-state index contributed by atoms with van der Waals surface area (Å²) >= 11 is 1.75. The van der Waals surface area contributed by atoms with Crippen molar-refractivity contribution in [1.82, 2.24) is 0 Å². The number of carbonyl (C=O) groups is 2. The summed E-state index contributed by atoms with van der Waals surface area (Å²) in [5, 5.41) is 0. The van der Waals surface area contributed by atoms with Crippen molar-refractivity contribution in [3.63, 3.8) is 0 Å². The molecule has 1 rings (SSSR count). The molecule has 0 saturated heterocycles. The third-order valence-corrected chi connectivity index (χ3v) is 4.08. The van der Waals surface area contributed by atoms with E-state index < -0.39 is 51.4 Å². The molecular weight excluding hydrogens is 496 g/mol. The molecule has 0 radical (unpaired) electrons. The van der Waals surface area contributed by atoms with Gasteiger partial charge in [-0.2, -0.15) is 21.6 Å². The summed E-state index contributed by atoms with van der Waals surface area (Å²) in [5.74, 6) is -4.77. The molecule has 0 bridgehead atoms. The van der Waals surface area contributed by atoms with E-state index >= 15 is 0 Å². The first-order valence-electron chi connectivity index (χ1n) is 6.61. The number of carbonyl (C=O) groups excluding carboxylic acids is 2. The van der Waals surface area contributed by atoms with Crippen LogP contribution in [0.3, 0.4) is 0 Å². The van der Waals surface area contributed by atoms with E-state index in [1.807, 2.05) is 0 Å². The van der Waals surface area contributed by atoms with Crippen LogP contribution in [0.5, 0.6) is 5.75 Å². The molecule has 1 aromatic carbocycles. The van der Waals surface area contributed by atoms with Crippen molar-refractivity contribution in [2.45, 2.75) is 19.2 Å². The molecule has 0 saturated carbocycles. The van der Waals surface area contributed by atoms with Gasteiger partial charge in [0.15, 0.2) is 0 Å². The molecule has 144 valence electrons. The number of alkyl halides is 3. The Morgan fingerprint density at radius 3 is 2.38 bits per heavy atom. The molecule has 12 heteroatoms. The van der Waals surface area contributed by atoms with E-state index in [2.05, 4.69) is 11.3 Å². The fourth-order valence-electron chi connectivity index (χ4n) is 1.52. The Labute approximate surface area is 160 Å². The molecule has 0 aromatic heterocycles. The fraction of sp³-hybridized carbons (Fsp3) is 0.286. The van der Waals surface area contributed by atoms with E-state index in [0.29, 0.717) is 3.57 Å². The van der Waals surface area contributed by atoms with Crippen LogP contribution in [0.1, 0.15) is 17.3 Å². The van der Waals surface area contributed by atoms with Gasteiger partial charge in [-0.05, 0) is 47.7 Å². The van der Waals surface area contributed by atoms with Crippen LogP contribution in [0, 0.1) is 3.57 Å². The third-order valence-electron chi connectivity index (χ3n) is 2.69. The number of esters is 2. The molecule has 26 heavy (non-hydrogen) atoms. The zero-order valence-electron chi connectivity index (χ0n) is 13.0. The van der Waals surface area contributed by atoms with E-state index in [1.54, 1.807) is 22.6 Å². The van der Waals surface area contributed by atoms with Gasteiger partial charge in [-0.1, -0.05) is 6.58 Å². The molecule has 1 aromatic rings. The van der Waals surface area contributed by atoms with Gasteiger partial charge < -0.3 is 9.47 Å². The summed E-state index contributed by atoms with van der Waals surface area (Å²) < 4.78 is 78.2. The van der Waals surface area contributed by atoms with Crippen molar-refractivity contribution in [3.05, 3.63) is 39.5 Å². The van der Waals surface area contributed by atoms with E-state index in [9.17, 15) is 31.2 Å². The highest BCUT2D eigenvalue weighted by Crippen LogP contribution is 2.28. The molecular formula is C14H12F3IO7S. The van der Waals surface area contributed by atoms with Crippen molar-refractivity contribution in [3.8, 4) is 5.75 Å². The van der Waals surface area contributed by atoms with Crippen LogP contribution in [-0.2, 0) is 19.6 Å². The van der Waals surface area contributed by atoms with Gasteiger partial charge in [0.1, 0.15) is 17.1 Å². The van der Waals surface area contributed by atoms with Gasteiger partial charge in [0, 0.05) is 9.14 Å². The maximum absolute atomic E-state index is 12.9. The van der Waals surface area contributed by atoms with Gasteiger partial charge in [-0.3, -0.25) is 4.55 Å². The summed E-state index contributed by atoms with van der Waals surface area (Å²) in [6, 6.07) is 3.66. The second-order valence-corrected chi connectivity index (χ2v) is 7.74. The first kappa shape index (κ1) is 22.4. The molecule has 0 aliphatic rings. The van der Waals surface area contributed by atoms with Crippen LogP contribution >= 0.6 is 22.6 Å². The lowest BCUT2D eigenvalue weighted by Crippen LogP contribution is -2.39. The quantitative estimate of drug-likeness (QED) is 0.207. The van der Waals surface area contributed by atoms with E-state index in [1.165, 1.54) is 13.0 Å². The van der Waals surface area contributed by atoms with E-state index in [4.69, 9.17) is 9.29 Å². The number of hydrogen-bond donors (Lipinski definition) is 1. The summed E-state index contributed by atoms with van der Waals surface area (Å²) in [7, 11) is -5.08. The molecule has 0 aliphatic heterocycles. The van der Waals surface area contributed by atoms with Crippen LogP contribution in [0.15, 0.2) is 30.4 Å². The Hall–Kier alpha value is -1.67. The average Bonchev–Trinajstić information content (AvgIpc) is 2.45. The standard InChI is InChI=1S/C14H12F3IO7S/c1-7(2)12(19)24-10-4-3-8(18)5-9(10)13(20)25-11(14(15,16)17)6-26(21,22)23/h3-5,11H,1,6H2,2H3,(H,21,22,23). The van der Waals surface area contributed by atoms with Crippen molar-refractivity contribution in [2.75, 3.05) is 5.75 Å². The number of benzene rings is 1. The van der Waals surface area contributed by atoms with Gasteiger partial charge in [-0.25, -0.2) is 9.59 Å². The minimum Gasteiger partial charge on any atom is -0.448 e. The summed E-state index contributed by atoms with van der Waals surface area (Å²) in [4.78, 5) is 23.7. The van der Waals surface area contributed by atoms with Gasteiger partial charge in [0.05, 0.1) is 0 Å². The first-order valence-corrected chi connectivity index (χ1v) is 9.29. The first-order chi connectivity index (χ1) is 11.7. The molecule has 0 spiro atoms. The SMILES string of the molecule is C=C(C)C(=O)Oc1ccc(I)cc1C(=O)OC(CS(=O)(=O)O)C(F)(F)F. The predicted molar refractivity (Wildman–Crippen MR) is 91.3 cm³/mol. The topological polar surface area (TPSA) is 107 Å². The molecule has 0 aliphatic carbocycles. The Morgan fingerprint density at radius 2 is 1.92 bits per heavy atom. The summed E-state index contributed by atoms with van der Waals surface area (Å²) in [6.45, 7) is 4.65. The maximum atomic E-state index is 12.9. The van der Waals surface area contributed by atoms with Crippen LogP contribution in [0.25, 0.3) is 0 Å². The number of ether oxygens (including phenoxy) is 2. The number of rotatable bonds is 6. The highest BCUT2D eigenvalue weighted by molar-refractivity contribution is 14.1. The second kappa shape index (κ2) is 8.35. The summed E-state index contributed by atoms with van der Waals surface area (Å²) in [6.07, 6.45) is -8.35. The minimum atomic E-state index is -5.25. The molecule has 7 nitrogen and oxygen atoms in total. The molecule has 1 unspecified atom stereocenters. The highest BCUT2D eigenvalue weighted by Gasteiger charge is 2.45. The zero-order chi connectivity index (χ0) is 20.3. The Balaban J connectivity index is 3.20. The molecule has 0 fully saturated rings. The van der Waals surface area contributed by atoms with Gasteiger partial charge in [0.25, 0.3) is 10.1 Å². The fourth-order valence-corrected chi connectivity index (χ4v) is 2.65. The lowest BCUT2D eigenvalue weighted by Gasteiger charge is -2.20. The van der Waals surface area contributed by atoms with E-state index in [-0.39, 0.29) is 5.57 Å². The second-order valence-electron chi connectivity index (χ2n) is 4.99. The van der Waals surface area contributed by atoms with Crippen LogP contribution in [-0.4, -0.2) is 42.9 Å². The van der Waals surface area contributed by atoms with E-state index in [0.717, 1.165) is 12.1 Å². The van der Waals surface area contributed by atoms with Crippen molar-refractivity contribution in [2.24, 2.45) is 0 Å². The van der Waals surface area contributed by atoms with Crippen molar-refractivity contribution >= 4 is 44.6 Å². The largest absolute Gasteiger partial charge is 0.448 e. The van der Waals surface area contributed by atoms with Crippen molar-refractivity contribution < 1.29 is 45.2 Å². The van der Waals surface area contributed by atoms with Gasteiger partial charge in [-0.15, -0.1) is 0 Å². The Morgan fingerprint density at radius 1 is 1.35 bits per heavy atom. The van der Waals surface area contributed by atoms with Crippen molar-refractivity contribution in [1.29, 1.82) is 0 Å². The van der Waals surface area contributed by atoms with Crippen LogP contribution < -0.4 is 4.74 Å². The smallest absolute Gasteiger partial charge is 0.426 e. The predicted octanol–water partition coefficient (Wildman–Crippen LogP) is 2.75. The average molecular weight is 508 g/mol. The summed E-state index contributed by atoms with van der Waals surface area (Å²) in [5.41, 5.74) is -0.557. The molecule has 1 atom stereocenters. The Kier molecular flexibility index (Phi) is 7.18. The molecule has 1 N–H and O–H groups in total. The minimum absolute atomic E-state index is 0.0255. The Bertz CT molecular complexity index is 833. The third kappa shape index (κ3) is 6.92. The van der Waals surface area contributed by atoms with Crippen LogP contribution in [0.4, 0.5) is 13.2 Å². The maximum Gasteiger partial charge on any atom is 0.426 e.